The number of amides is 3. The van der Waals surface area contributed by atoms with Crippen molar-refractivity contribution in [2.45, 2.75) is 58.1 Å². The average Bonchev–Trinajstić information content (AvgIpc) is 2.73. The molecule has 0 spiro atoms. The number of ether oxygens (including phenoxy) is 1. The van der Waals surface area contributed by atoms with E-state index in [0.717, 1.165) is 0 Å². The van der Waals surface area contributed by atoms with Gasteiger partial charge in [0.25, 0.3) is 11.8 Å². The summed E-state index contributed by atoms with van der Waals surface area (Å²) in [6.45, 7) is 5.34. The lowest BCUT2D eigenvalue weighted by Gasteiger charge is -2.20. The first-order valence-electron chi connectivity index (χ1n) is 7.37. The second kappa shape index (κ2) is 7.91. The summed E-state index contributed by atoms with van der Waals surface area (Å²) >= 11 is 0. The van der Waals surface area contributed by atoms with Gasteiger partial charge in [-0.2, -0.15) is 0 Å². The van der Waals surface area contributed by atoms with Gasteiger partial charge < -0.3 is 20.6 Å². The SMILES string of the molecule is CC(C)(C)OC(=O)CCC(N)CNC(=O)ON1C(=O)CCC1=O. The van der Waals surface area contributed by atoms with E-state index in [1.807, 2.05) is 0 Å². The molecule has 23 heavy (non-hydrogen) atoms. The third kappa shape index (κ3) is 7.09. The summed E-state index contributed by atoms with van der Waals surface area (Å²) in [7, 11) is 0. The Hall–Kier alpha value is -2.16. The van der Waals surface area contributed by atoms with Crippen LogP contribution in [0.5, 0.6) is 0 Å². The number of nitrogens with one attached hydrogen (secondary N) is 1. The maximum Gasteiger partial charge on any atom is 0.432 e. The van der Waals surface area contributed by atoms with Crippen LogP contribution in [0.15, 0.2) is 0 Å². The van der Waals surface area contributed by atoms with Crippen molar-refractivity contribution in [2.75, 3.05) is 6.54 Å². The second-order valence-corrected chi connectivity index (χ2v) is 6.23. The van der Waals surface area contributed by atoms with Gasteiger partial charge in [0.1, 0.15) is 5.60 Å². The lowest BCUT2D eigenvalue weighted by molar-refractivity contribution is -0.171. The molecule has 0 aromatic rings. The Kier molecular flexibility index (Phi) is 6.49. The molecule has 130 valence electrons. The van der Waals surface area contributed by atoms with E-state index < -0.39 is 29.6 Å². The highest BCUT2D eigenvalue weighted by Crippen LogP contribution is 2.12. The normalized spacial score (nSPS) is 16.3. The minimum atomic E-state index is -0.943. The highest BCUT2D eigenvalue weighted by atomic mass is 16.7. The van der Waals surface area contributed by atoms with Crippen LogP contribution in [-0.2, 0) is 24.0 Å². The first kappa shape index (κ1) is 18.9. The van der Waals surface area contributed by atoms with Crippen molar-refractivity contribution >= 4 is 23.9 Å². The predicted molar refractivity (Wildman–Crippen MR) is 78.6 cm³/mol. The van der Waals surface area contributed by atoms with Crippen molar-refractivity contribution in [1.82, 2.24) is 10.4 Å². The third-order valence-corrected chi connectivity index (χ3v) is 2.83. The molecule has 0 radical (unpaired) electrons. The number of hydrogen-bond acceptors (Lipinski definition) is 7. The van der Waals surface area contributed by atoms with Crippen molar-refractivity contribution < 1.29 is 28.8 Å². The number of nitrogens with zero attached hydrogens (tertiary/aromatic N) is 1. The molecule has 1 rings (SSSR count). The molecule has 0 aromatic carbocycles. The Labute approximate surface area is 134 Å². The summed E-state index contributed by atoms with van der Waals surface area (Å²) in [4.78, 5) is 50.2. The number of hydrogen-bond donors (Lipinski definition) is 2. The Bertz CT molecular complexity index is 469. The van der Waals surface area contributed by atoms with Crippen LogP contribution in [0.25, 0.3) is 0 Å². The molecule has 9 heteroatoms. The van der Waals surface area contributed by atoms with E-state index in [4.69, 9.17) is 10.5 Å². The molecule has 1 heterocycles. The molecule has 0 bridgehead atoms. The van der Waals surface area contributed by atoms with Crippen LogP contribution >= 0.6 is 0 Å². The Morgan fingerprint density at radius 2 is 1.83 bits per heavy atom. The van der Waals surface area contributed by atoms with Gasteiger partial charge in [-0.05, 0) is 27.2 Å². The molecule has 0 aromatic heterocycles. The van der Waals surface area contributed by atoms with Crippen LogP contribution in [0.4, 0.5) is 4.79 Å². The molecule has 0 aliphatic carbocycles. The van der Waals surface area contributed by atoms with Gasteiger partial charge in [0.2, 0.25) is 0 Å². The Morgan fingerprint density at radius 3 is 2.35 bits per heavy atom. The fourth-order valence-corrected chi connectivity index (χ4v) is 1.79. The van der Waals surface area contributed by atoms with E-state index in [1.54, 1.807) is 20.8 Å². The summed E-state index contributed by atoms with van der Waals surface area (Å²) in [5, 5.41) is 2.78. The second-order valence-electron chi connectivity index (χ2n) is 6.23. The zero-order valence-corrected chi connectivity index (χ0v) is 13.6. The van der Waals surface area contributed by atoms with Crippen LogP contribution in [0.2, 0.25) is 0 Å². The Balaban J connectivity index is 2.24. The summed E-state index contributed by atoms with van der Waals surface area (Å²) < 4.78 is 5.14. The zero-order chi connectivity index (χ0) is 17.6. The molecule has 1 unspecified atom stereocenters. The van der Waals surface area contributed by atoms with Crippen LogP contribution in [-0.4, -0.2) is 47.1 Å². The highest BCUT2D eigenvalue weighted by Gasteiger charge is 2.32. The molecule has 1 fully saturated rings. The van der Waals surface area contributed by atoms with E-state index in [2.05, 4.69) is 10.2 Å². The Morgan fingerprint density at radius 1 is 1.26 bits per heavy atom. The largest absolute Gasteiger partial charge is 0.460 e. The van der Waals surface area contributed by atoms with Gasteiger partial charge in [0.15, 0.2) is 0 Å². The van der Waals surface area contributed by atoms with Gasteiger partial charge in [0.05, 0.1) is 0 Å². The van der Waals surface area contributed by atoms with E-state index >= 15 is 0 Å². The molecule has 1 aliphatic heterocycles. The molecule has 3 N–H and O–H groups in total. The fourth-order valence-electron chi connectivity index (χ4n) is 1.79. The lowest BCUT2D eigenvalue weighted by atomic mass is 10.1. The number of carbonyl (C=O) groups is 4. The quantitative estimate of drug-likeness (QED) is 0.527. The summed E-state index contributed by atoms with van der Waals surface area (Å²) in [6.07, 6.45) is -0.445. The molecule has 1 atom stereocenters. The van der Waals surface area contributed by atoms with Crippen molar-refractivity contribution in [2.24, 2.45) is 5.73 Å². The van der Waals surface area contributed by atoms with Crippen LogP contribution in [0.3, 0.4) is 0 Å². The molecule has 1 saturated heterocycles. The van der Waals surface area contributed by atoms with E-state index in [1.165, 1.54) is 0 Å². The van der Waals surface area contributed by atoms with Crippen LogP contribution in [0.1, 0.15) is 46.5 Å². The number of esters is 1. The molecular weight excluding hydrogens is 306 g/mol. The predicted octanol–water partition coefficient (Wildman–Crippen LogP) is 0.226. The number of hydroxylamine groups is 2. The molecule has 1 aliphatic rings. The average molecular weight is 329 g/mol. The lowest BCUT2D eigenvalue weighted by Crippen LogP contribution is -2.42. The van der Waals surface area contributed by atoms with Gasteiger partial charge in [-0.25, -0.2) is 4.79 Å². The number of rotatable bonds is 6. The summed E-state index contributed by atoms with van der Waals surface area (Å²) in [6, 6.07) is -0.486. The van der Waals surface area contributed by atoms with Gasteiger partial charge in [0, 0.05) is 31.8 Å². The standard InChI is InChI=1S/C14H23N3O6/c1-14(2,3)22-12(20)7-4-9(15)8-16-13(21)23-17-10(18)5-6-11(17)19/h9H,4-8,15H2,1-3H3,(H,16,21). The zero-order valence-electron chi connectivity index (χ0n) is 13.6. The van der Waals surface area contributed by atoms with E-state index in [9.17, 15) is 19.2 Å². The monoisotopic (exact) mass is 329 g/mol. The highest BCUT2D eigenvalue weighted by molar-refractivity contribution is 6.01. The minimum absolute atomic E-state index is 0.0293. The first-order valence-corrected chi connectivity index (χ1v) is 7.37. The molecule has 9 nitrogen and oxygen atoms in total. The number of nitrogens with two attached hydrogens (primary N) is 1. The fraction of sp³-hybridized carbons (Fsp3) is 0.714. The summed E-state index contributed by atoms with van der Waals surface area (Å²) in [5.41, 5.74) is 5.21. The van der Waals surface area contributed by atoms with Gasteiger partial charge in [-0.3, -0.25) is 14.4 Å². The van der Waals surface area contributed by atoms with Crippen molar-refractivity contribution in [1.29, 1.82) is 0 Å². The topological polar surface area (TPSA) is 128 Å². The first-order chi connectivity index (χ1) is 10.6. The van der Waals surface area contributed by atoms with Crippen LogP contribution in [0, 0.1) is 0 Å². The van der Waals surface area contributed by atoms with Crippen LogP contribution < -0.4 is 11.1 Å². The van der Waals surface area contributed by atoms with E-state index in [0.29, 0.717) is 11.5 Å². The maximum absolute atomic E-state index is 11.5. The molecular formula is C14H23N3O6. The third-order valence-electron chi connectivity index (χ3n) is 2.83. The summed E-state index contributed by atoms with van der Waals surface area (Å²) in [5.74, 6) is -1.48. The number of carbonyl (C=O) groups excluding carboxylic acids is 4. The van der Waals surface area contributed by atoms with Gasteiger partial charge >= 0.3 is 12.1 Å². The van der Waals surface area contributed by atoms with Crippen molar-refractivity contribution in [3.63, 3.8) is 0 Å². The maximum atomic E-state index is 11.5. The molecule has 0 saturated carbocycles. The van der Waals surface area contributed by atoms with Crippen molar-refractivity contribution in [3.05, 3.63) is 0 Å². The molecule has 3 amide bonds. The number of imide groups is 1. The van der Waals surface area contributed by atoms with E-state index in [-0.39, 0.29) is 31.8 Å². The smallest absolute Gasteiger partial charge is 0.432 e. The van der Waals surface area contributed by atoms with Crippen molar-refractivity contribution in [3.8, 4) is 0 Å². The van der Waals surface area contributed by atoms with Gasteiger partial charge in [-0.1, -0.05) is 0 Å². The minimum Gasteiger partial charge on any atom is -0.460 e. The van der Waals surface area contributed by atoms with Gasteiger partial charge in [-0.15, -0.1) is 5.06 Å².